The summed E-state index contributed by atoms with van der Waals surface area (Å²) < 4.78 is 17.6. The number of carbonyl (C=O) groups is 2. The average Bonchev–Trinajstić information content (AvgIpc) is 3.46. The van der Waals surface area contributed by atoms with Crippen LogP contribution in [0.3, 0.4) is 0 Å². The van der Waals surface area contributed by atoms with E-state index in [4.69, 9.17) is 14.2 Å². The van der Waals surface area contributed by atoms with Crippen molar-refractivity contribution in [3.8, 4) is 0 Å². The van der Waals surface area contributed by atoms with Crippen LogP contribution in [0.2, 0.25) is 0 Å². The van der Waals surface area contributed by atoms with Gasteiger partial charge in [0.25, 0.3) is 0 Å². The van der Waals surface area contributed by atoms with Crippen molar-refractivity contribution >= 4 is 11.9 Å². The van der Waals surface area contributed by atoms with Crippen LogP contribution >= 0.6 is 0 Å². The number of rotatable bonds is 57. The first-order valence-corrected chi connectivity index (χ1v) is 33.7. The molecule has 0 aromatic heterocycles. The molecular weight excluding hydrogens is 1010 g/mol. The predicted octanol–water partition coefficient (Wildman–Crippen LogP) is 16.7. The average molecular weight is 1140 g/mol. The van der Waals surface area contributed by atoms with E-state index < -0.39 is 67.4 Å². The van der Waals surface area contributed by atoms with E-state index in [-0.39, 0.29) is 19.4 Å². The van der Waals surface area contributed by atoms with Crippen molar-refractivity contribution in [1.29, 1.82) is 0 Å². The number of allylic oxidation sites excluding steroid dienone is 11. The maximum Gasteiger partial charge on any atom is 0.306 e. The fourth-order valence-corrected chi connectivity index (χ4v) is 10.2. The Kier molecular flexibility index (Phi) is 54.1. The molecule has 0 radical (unpaired) electrons. The molecule has 1 rings (SSSR count). The van der Waals surface area contributed by atoms with Gasteiger partial charge in [-0.1, -0.05) is 267 Å². The Morgan fingerprint density at radius 1 is 0.481 bits per heavy atom. The maximum absolute atomic E-state index is 13.5. The van der Waals surface area contributed by atoms with Gasteiger partial charge in [0, 0.05) is 6.42 Å². The van der Waals surface area contributed by atoms with Gasteiger partial charge in [-0.2, -0.15) is 0 Å². The van der Waals surface area contributed by atoms with E-state index in [9.17, 15) is 35.1 Å². The molecule has 1 fully saturated rings. The molecule has 1 saturated heterocycles. The second-order valence-corrected chi connectivity index (χ2v) is 23.2. The lowest BCUT2D eigenvalue weighted by atomic mass is 9.99. The van der Waals surface area contributed by atoms with Crippen LogP contribution in [0.15, 0.2) is 72.9 Å². The van der Waals surface area contributed by atoms with Crippen molar-refractivity contribution in [2.45, 2.75) is 346 Å². The third kappa shape index (κ3) is 45.2. The lowest BCUT2D eigenvalue weighted by Crippen LogP contribution is -2.61. The summed E-state index contributed by atoms with van der Waals surface area (Å²) in [5, 5.41) is 57.1. The van der Waals surface area contributed by atoms with Gasteiger partial charge in [-0.25, -0.2) is 0 Å². The highest BCUT2D eigenvalue weighted by atomic mass is 16.7. The summed E-state index contributed by atoms with van der Waals surface area (Å²) >= 11 is 0. The highest BCUT2D eigenvalue weighted by molar-refractivity contribution is 5.80. The van der Waals surface area contributed by atoms with Crippen LogP contribution in [-0.4, -0.2) is 99.6 Å². The van der Waals surface area contributed by atoms with E-state index in [2.05, 4.69) is 86.8 Å². The molecule has 11 nitrogen and oxygen atoms in total. The Balaban J connectivity index is 2.65. The van der Waals surface area contributed by atoms with Gasteiger partial charge in [0.2, 0.25) is 5.91 Å². The number of ether oxygens (including phenoxy) is 3. The summed E-state index contributed by atoms with van der Waals surface area (Å²) in [6.45, 7) is 5.75. The van der Waals surface area contributed by atoms with Gasteiger partial charge in [-0.3, -0.25) is 9.59 Å². The first-order chi connectivity index (χ1) is 39.7. The molecule has 0 spiro atoms. The molecule has 470 valence electrons. The fourth-order valence-electron chi connectivity index (χ4n) is 10.2. The van der Waals surface area contributed by atoms with Crippen LogP contribution in [0.4, 0.5) is 0 Å². The van der Waals surface area contributed by atoms with E-state index in [0.29, 0.717) is 12.8 Å². The first-order valence-electron chi connectivity index (χ1n) is 33.7. The van der Waals surface area contributed by atoms with Crippen molar-refractivity contribution in [3.05, 3.63) is 72.9 Å². The van der Waals surface area contributed by atoms with Gasteiger partial charge < -0.3 is 45.1 Å². The molecule has 0 saturated carbocycles. The molecule has 0 aromatic carbocycles. The van der Waals surface area contributed by atoms with Crippen molar-refractivity contribution in [3.63, 3.8) is 0 Å². The molecule has 8 atom stereocenters. The summed E-state index contributed by atoms with van der Waals surface area (Å²) in [6.07, 6.45) is 63.6. The molecule has 81 heavy (non-hydrogen) atoms. The van der Waals surface area contributed by atoms with Crippen molar-refractivity contribution < 1.29 is 49.3 Å². The van der Waals surface area contributed by atoms with Crippen LogP contribution < -0.4 is 5.32 Å². The summed E-state index contributed by atoms with van der Waals surface area (Å²) in [6, 6.07) is -1.03. The minimum Gasteiger partial charge on any atom is -0.454 e. The number of esters is 1. The van der Waals surface area contributed by atoms with Gasteiger partial charge in [0.15, 0.2) is 12.4 Å². The molecule has 1 amide bonds. The molecule has 1 aliphatic heterocycles. The standard InChI is InChI=1S/C70H125NO10/c1-4-7-10-13-16-19-22-25-27-29-30-31-32-33-35-36-39-42-45-48-51-54-57-63(74)69(78)71-61(62(73)56-53-50-47-44-41-38-24-21-18-15-12-9-6-3)60-79-70-68(67(77)66(76)64(59-72)80-70)81-65(75)58-55-52-49-46-43-40-37-34-28-26-23-20-17-14-11-8-5-2/h16-17,19-20,25-28,37,40,53,56,61-64,66-68,70,72-74,76-77H,4-15,18,21-24,29-36,38-39,41-52,54-55,57-60H2,1-3H3,(H,71,78)/b19-16-,20-17-,27-25-,28-26-,40-37-,56-53+. The normalized spacial score (nSPS) is 19.1. The van der Waals surface area contributed by atoms with Crippen molar-refractivity contribution in [1.82, 2.24) is 5.32 Å². The van der Waals surface area contributed by atoms with Gasteiger partial charge in [-0.05, 0) is 96.3 Å². The van der Waals surface area contributed by atoms with Crippen LogP contribution in [0.5, 0.6) is 0 Å². The van der Waals surface area contributed by atoms with Crippen molar-refractivity contribution in [2.75, 3.05) is 13.2 Å². The van der Waals surface area contributed by atoms with Crippen LogP contribution in [0.25, 0.3) is 0 Å². The second-order valence-electron chi connectivity index (χ2n) is 23.2. The molecule has 6 N–H and O–H groups in total. The van der Waals surface area contributed by atoms with Crippen LogP contribution in [0, 0.1) is 0 Å². The van der Waals surface area contributed by atoms with Gasteiger partial charge in [-0.15, -0.1) is 0 Å². The quantitative estimate of drug-likeness (QED) is 0.0195. The highest BCUT2D eigenvalue weighted by Crippen LogP contribution is 2.26. The summed E-state index contributed by atoms with van der Waals surface area (Å²) in [7, 11) is 0. The number of aliphatic hydroxyl groups is 5. The van der Waals surface area contributed by atoms with E-state index in [0.717, 1.165) is 89.9 Å². The zero-order valence-electron chi connectivity index (χ0n) is 52.1. The number of amides is 1. The molecule has 0 aliphatic carbocycles. The number of unbranched alkanes of at least 4 members (excludes halogenated alkanes) is 33. The van der Waals surface area contributed by atoms with Gasteiger partial charge in [0.1, 0.15) is 24.4 Å². The van der Waals surface area contributed by atoms with E-state index in [1.807, 2.05) is 6.08 Å². The third-order valence-corrected chi connectivity index (χ3v) is 15.6. The summed E-state index contributed by atoms with van der Waals surface area (Å²) in [4.78, 5) is 26.6. The summed E-state index contributed by atoms with van der Waals surface area (Å²) in [5.41, 5.74) is 0. The number of hydrogen-bond acceptors (Lipinski definition) is 10. The molecule has 8 unspecified atom stereocenters. The van der Waals surface area contributed by atoms with Crippen molar-refractivity contribution in [2.24, 2.45) is 0 Å². The number of hydrogen-bond donors (Lipinski definition) is 6. The first kappa shape index (κ1) is 76.1. The minimum atomic E-state index is -1.63. The molecule has 0 aromatic rings. The second kappa shape index (κ2) is 57.5. The molecule has 0 bridgehead atoms. The van der Waals surface area contributed by atoms with Crippen LogP contribution in [-0.2, 0) is 23.8 Å². The number of nitrogens with one attached hydrogen (secondary N) is 1. The Labute approximate surface area is 496 Å². The Hall–Kier alpha value is -2.90. The lowest BCUT2D eigenvalue weighted by Gasteiger charge is -2.41. The molecule has 11 heteroatoms. The monoisotopic (exact) mass is 1140 g/mol. The Morgan fingerprint density at radius 3 is 1.30 bits per heavy atom. The zero-order chi connectivity index (χ0) is 58.9. The van der Waals surface area contributed by atoms with E-state index >= 15 is 0 Å². The van der Waals surface area contributed by atoms with Crippen LogP contribution in [0.1, 0.15) is 297 Å². The largest absolute Gasteiger partial charge is 0.454 e. The summed E-state index contributed by atoms with van der Waals surface area (Å²) in [5.74, 6) is -1.21. The maximum atomic E-state index is 13.5. The minimum absolute atomic E-state index is 0.0966. The number of carbonyl (C=O) groups excluding carboxylic acids is 2. The SMILES string of the molecule is CCCCC/C=C\C/C=C\C/C=C\CCCCCCC(=O)OC1C(OCC(NC(=O)C(O)CCCCCCCCCCCCCC/C=C\C/C=C\CCCCC)C(O)/C=C/CCCCCCCCCCCCC)OC(CO)C(O)C1O. The fraction of sp³-hybridized carbons (Fsp3) is 0.800. The lowest BCUT2D eigenvalue weighted by molar-refractivity contribution is -0.305. The Bertz CT molecular complexity index is 1590. The predicted molar refractivity (Wildman–Crippen MR) is 338 cm³/mol. The smallest absolute Gasteiger partial charge is 0.306 e. The molecule has 1 heterocycles. The van der Waals surface area contributed by atoms with E-state index in [1.54, 1.807) is 6.08 Å². The highest BCUT2D eigenvalue weighted by Gasteiger charge is 2.47. The topological polar surface area (TPSA) is 175 Å². The Morgan fingerprint density at radius 2 is 0.852 bits per heavy atom. The molecule has 1 aliphatic rings. The zero-order valence-corrected chi connectivity index (χ0v) is 52.1. The van der Waals surface area contributed by atoms with Gasteiger partial charge >= 0.3 is 5.97 Å². The van der Waals surface area contributed by atoms with Gasteiger partial charge in [0.05, 0.1) is 25.4 Å². The number of aliphatic hydroxyl groups excluding tert-OH is 5. The molecular formula is C70H125NO10. The van der Waals surface area contributed by atoms with E-state index in [1.165, 1.54) is 161 Å². The third-order valence-electron chi connectivity index (χ3n) is 15.6.